The smallest absolute Gasteiger partial charge is 0.271 e. The number of carbonyl (C=O) groups excluding carboxylic acids is 1. The van der Waals surface area contributed by atoms with Crippen molar-refractivity contribution in [2.24, 2.45) is 5.73 Å². The highest BCUT2D eigenvalue weighted by atomic mass is 32.1. The first kappa shape index (κ1) is 12.2. The van der Waals surface area contributed by atoms with Crippen molar-refractivity contribution < 1.29 is 4.79 Å². The summed E-state index contributed by atoms with van der Waals surface area (Å²) in [6.45, 7) is 2.96. The molecule has 17 heavy (non-hydrogen) atoms. The van der Waals surface area contributed by atoms with Crippen LogP contribution < -0.4 is 11.1 Å². The number of aromatic nitrogens is 1. The second kappa shape index (κ2) is 5.39. The standard InChI is InChI=1S/C11H13N3OS2/c1-7-4-16-5-8(7)3-13-11(15)9-6-17-10(2-12)14-9/h4-6H,2-3,12H2,1H3,(H,13,15). The van der Waals surface area contributed by atoms with Crippen LogP contribution in [0.3, 0.4) is 0 Å². The Bertz CT molecular complexity index is 518. The maximum absolute atomic E-state index is 11.8. The summed E-state index contributed by atoms with van der Waals surface area (Å²) >= 11 is 3.05. The summed E-state index contributed by atoms with van der Waals surface area (Å²) in [6.07, 6.45) is 0. The summed E-state index contributed by atoms with van der Waals surface area (Å²) in [5.41, 5.74) is 8.25. The van der Waals surface area contributed by atoms with Crippen LogP contribution in [0.2, 0.25) is 0 Å². The van der Waals surface area contributed by atoms with Crippen LogP contribution in [-0.4, -0.2) is 10.9 Å². The van der Waals surface area contributed by atoms with Gasteiger partial charge in [0.2, 0.25) is 0 Å². The molecule has 0 unspecified atom stereocenters. The first-order chi connectivity index (χ1) is 8.20. The molecular weight excluding hydrogens is 254 g/mol. The SMILES string of the molecule is Cc1cscc1CNC(=O)c1csc(CN)n1. The van der Waals surface area contributed by atoms with Crippen molar-refractivity contribution >= 4 is 28.6 Å². The van der Waals surface area contributed by atoms with Crippen molar-refractivity contribution in [1.82, 2.24) is 10.3 Å². The van der Waals surface area contributed by atoms with E-state index >= 15 is 0 Å². The number of amides is 1. The lowest BCUT2D eigenvalue weighted by Gasteiger charge is -2.02. The van der Waals surface area contributed by atoms with E-state index in [9.17, 15) is 4.79 Å². The van der Waals surface area contributed by atoms with Gasteiger partial charge in [-0.15, -0.1) is 11.3 Å². The topological polar surface area (TPSA) is 68.0 Å². The minimum absolute atomic E-state index is 0.147. The number of carbonyl (C=O) groups is 1. The molecule has 2 aromatic heterocycles. The molecule has 3 N–H and O–H groups in total. The van der Waals surface area contributed by atoms with Gasteiger partial charge in [0.15, 0.2) is 0 Å². The van der Waals surface area contributed by atoms with E-state index in [2.05, 4.69) is 15.7 Å². The quantitative estimate of drug-likeness (QED) is 0.889. The number of nitrogens with two attached hydrogens (primary N) is 1. The molecule has 0 spiro atoms. The van der Waals surface area contributed by atoms with Gasteiger partial charge in [-0.25, -0.2) is 4.98 Å². The fourth-order valence-electron chi connectivity index (χ4n) is 1.34. The van der Waals surface area contributed by atoms with Gasteiger partial charge in [-0.3, -0.25) is 4.79 Å². The van der Waals surface area contributed by atoms with Crippen LogP contribution in [0, 0.1) is 6.92 Å². The molecule has 2 heterocycles. The first-order valence-electron chi connectivity index (χ1n) is 5.15. The minimum atomic E-state index is -0.147. The van der Waals surface area contributed by atoms with Crippen LogP contribution in [0.5, 0.6) is 0 Å². The van der Waals surface area contributed by atoms with Crippen molar-refractivity contribution in [3.63, 3.8) is 0 Å². The van der Waals surface area contributed by atoms with Crippen molar-refractivity contribution in [2.75, 3.05) is 0 Å². The van der Waals surface area contributed by atoms with Gasteiger partial charge in [0, 0.05) is 18.5 Å². The van der Waals surface area contributed by atoms with E-state index in [1.807, 2.05) is 12.3 Å². The molecule has 0 radical (unpaired) electrons. The Kier molecular flexibility index (Phi) is 3.88. The summed E-state index contributed by atoms with van der Waals surface area (Å²) < 4.78 is 0. The third-order valence-electron chi connectivity index (χ3n) is 2.36. The second-order valence-corrected chi connectivity index (χ2v) is 5.28. The lowest BCUT2D eigenvalue weighted by Crippen LogP contribution is -2.23. The maximum Gasteiger partial charge on any atom is 0.271 e. The van der Waals surface area contributed by atoms with E-state index in [-0.39, 0.29) is 5.91 Å². The Hall–Kier alpha value is -1.24. The average Bonchev–Trinajstić information content (AvgIpc) is 2.94. The third-order valence-corrected chi connectivity index (χ3v) is 4.14. The molecule has 0 saturated heterocycles. The Morgan fingerprint density at radius 3 is 2.88 bits per heavy atom. The van der Waals surface area contributed by atoms with Crippen LogP contribution in [0.15, 0.2) is 16.1 Å². The molecule has 0 fully saturated rings. The van der Waals surface area contributed by atoms with E-state index in [1.165, 1.54) is 16.9 Å². The number of hydrogen-bond acceptors (Lipinski definition) is 5. The van der Waals surface area contributed by atoms with Crippen molar-refractivity contribution in [2.45, 2.75) is 20.0 Å². The fraction of sp³-hybridized carbons (Fsp3) is 0.273. The van der Waals surface area contributed by atoms with Crippen molar-refractivity contribution in [3.05, 3.63) is 38.0 Å². The normalized spacial score (nSPS) is 10.5. The summed E-state index contributed by atoms with van der Waals surface area (Å²) in [5.74, 6) is -0.147. The highest BCUT2D eigenvalue weighted by Gasteiger charge is 2.10. The zero-order valence-corrected chi connectivity index (χ0v) is 11.0. The molecular formula is C11H13N3OS2. The molecule has 2 rings (SSSR count). The Balaban J connectivity index is 1.95. The van der Waals surface area contributed by atoms with Crippen molar-refractivity contribution in [1.29, 1.82) is 0 Å². The largest absolute Gasteiger partial charge is 0.347 e. The van der Waals surface area contributed by atoms with Gasteiger partial charge in [0.25, 0.3) is 5.91 Å². The minimum Gasteiger partial charge on any atom is -0.347 e. The molecule has 90 valence electrons. The van der Waals surface area contributed by atoms with E-state index in [4.69, 9.17) is 5.73 Å². The van der Waals surface area contributed by atoms with Gasteiger partial charge in [-0.05, 0) is 28.8 Å². The Morgan fingerprint density at radius 2 is 2.29 bits per heavy atom. The lowest BCUT2D eigenvalue weighted by molar-refractivity contribution is 0.0946. The molecule has 0 aliphatic carbocycles. The highest BCUT2D eigenvalue weighted by Crippen LogP contribution is 2.14. The highest BCUT2D eigenvalue weighted by molar-refractivity contribution is 7.09. The predicted octanol–water partition coefficient (Wildman–Crippen LogP) is 1.90. The molecule has 6 heteroatoms. The third kappa shape index (κ3) is 2.91. The Morgan fingerprint density at radius 1 is 1.47 bits per heavy atom. The zero-order chi connectivity index (χ0) is 12.3. The lowest BCUT2D eigenvalue weighted by atomic mass is 10.2. The van der Waals surface area contributed by atoms with E-state index in [0.717, 1.165) is 10.6 Å². The van der Waals surface area contributed by atoms with Crippen LogP contribution in [-0.2, 0) is 13.1 Å². The van der Waals surface area contributed by atoms with Gasteiger partial charge in [-0.1, -0.05) is 0 Å². The molecule has 0 bridgehead atoms. The van der Waals surface area contributed by atoms with Crippen LogP contribution >= 0.6 is 22.7 Å². The maximum atomic E-state index is 11.8. The van der Waals surface area contributed by atoms with Gasteiger partial charge in [0.1, 0.15) is 10.7 Å². The van der Waals surface area contributed by atoms with Gasteiger partial charge in [-0.2, -0.15) is 11.3 Å². The molecule has 0 atom stereocenters. The molecule has 0 aromatic carbocycles. The molecule has 0 saturated carbocycles. The predicted molar refractivity (Wildman–Crippen MR) is 70.2 cm³/mol. The second-order valence-electron chi connectivity index (χ2n) is 3.59. The van der Waals surface area contributed by atoms with Crippen LogP contribution in [0.1, 0.15) is 26.6 Å². The summed E-state index contributed by atoms with van der Waals surface area (Å²) in [5, 5.41) is 9.47. The molecule has 2 aromatic rings. The van der Waals surface area contributed by atoms with E-state index < -0.39 is 0 Å². The molecule has 1 amide bonds. The number of thiophene rings is 1. The van der Waals surface area contributed by atoms with Crippen molar-refractivity contribution in [3.8, 4) is 0 Å². The number of hydrogen-bond donors (Lipinski definition) is 2. The summed E-state index contributed by atoms with van der Waals surface area (Å²) in [4.78, 5) is 15.9. The van der Waals surface area contributed by atoms with Crippen LogP contribution in [0.4, 0.5) is 0 Å². The van der Waals surface area contributed by atoms with Gasteiger partial charge < -0.3 is 11.1 Å². The van der Waals surface area contributed by atoms with E-state index in [1.54, 1.807) is 16.7 Å². The Labute approximate surface area is 107 Å². The number of rotatable bonds is 4. The number of nitrogens with zero attached hydrogens (tertiary/aromatic N) is 1. The van der Waals surface area contributed by atoms with Gasteiger partial charge in [0.05, 0.1) is 0 Å². The zero-order valence-electron chi connectivity index (χ0n) is 9.40. The number of nitrogens with one attached hydrogen (secondary N) is 1. The molecule has 0 aliphatic heterocycles. The van der Waals surface area contributed by atoms with Crippen LogP contribution in [0.25, 0.3) is 0 Å². The monoisotopic (exact) mass is 267 g/mol. The number of thiazole rings is 1. The van der Waals surface area contributed by atoms with Gasteiger partial charge >= 0.3 is 0 Å². The summed E-state index contributed by atoms with van der Waals surface area (Å²) in [6, 6.07) is 0. The first-order valence-corrected chi connectivity index (χ1v) is 6.97. The summed E-state index contributed by atoms with van der Waals surface area (Å²) in [7, 11) is 0. The number of aryl methyl sites for hydroxylation is 1. The van der Waals surface area contributed by atoms with E-state index in [0.29, 0.717) is 18.8 Å². The average molecular weight is 267 g/mol. The molecule has 0 aliphatic rings. The molecule has 4 nitrogen and oxygen atoms in total. The fourth-order valence-corrected chi connectivity index (χ4v) is 2.85.